The molecule has 1 amide bonds. The van der Waals surface area contributed by atoms with E-state index in [0.29, 0.717) is 19.0 Å². The van der Waals surface area contributed by atoms with Crippen molar-refractivity contribution in [1.82, 2.24) is 10.2 Å². The summed E-state index contributed by atoms with van der Waals surface area (Å²) in [4.78, 5) is 13.9. The minimum Gasteiger partial charge on any atom is -0.386 e. The van der Waals surface area contributed by atoms with Gasteiger partial charge in [-0.3, -0.25) is 4.79 Å². The fourth-order valence-electron chi connectivity index (χ4n) is 2.82. The molecule has 2 aliphatic heterocycles. The van der Waals surface area contributed by atoms with Crippen molar-refractivity contribution < 1.29 is 9.90 Å². The van der Waals surface area contributed by atoms with Crippen LogP contribution in [0, 0.1) is 11.8 Å². The molecule has 4 nitrogen and oxygen atoms in total. The zero-order valence-electron chi connectivity index (χ0n) is 10.2. The molecule has 2 saturated heterocycles. The van der Waals surface area contributed by atoms with Crippen molar-refractivity contribution in [2.24, 2.45) is 11.8 Å². The monoisotopic (exact) mass is 226 g/mol. The summed E-state index contributed by atoms with van der Waals surface area (Å²) in [5.41, 5.74) is -0.598. The van der Waals surface area contributed by atoms with E-state index in [2.05, 4.69) is 19.2 Å². The first kappa shape index (κ1) is 11.9. The van der Waals surface area contributed by atoms with Crippen molar-refractivity contribution in [2.45, 2.75) is 32.3 Å². The molecule has 0 radical (unpaired) electrons. The number of nitrogens with zero attached hydrogens (tertiary/aromatic N) is 1. The van der Waals surface area contributed by atoms with Gasteiger partial charge in [-0.1, -0.05) is 20.3 Å². The highest BCUT2D eigenvalue weighted by atomic mass is 16.3. The Bertz CT molecular complexity index is 274. The van der Waals surface area contributed by atoms with Gasteiger partial charge in [0, 0.05) is 6.54 Å². The molecule has 2 rings (SSSR count). The molecule has 0 aromatic rings. The summed E-state index contributed by atoms with van der Waals surface area (Å²) in [5, 5.41) is 13.3. The molecule has 0 saturated carbocycles. The summed E-state index contributed by atoms with van der Waals surface area (Å²) < 4.78 is 0. The molecule has 0 aliphatic carbocycles. The number of β-amino-alcohol motifs (C(OH)–C–C–N with tert-alkyl or cyclic N) is 1. The van der Waals surface area contributed by atoms with Crippen molar-refractivity contribution in [3.8, 4) is 0 Å². The van der Waals surface area contributed by atoms with Gasteiger partial charge in [0.15, 0.2) is 0 Å². The Morgan fingerprint density at radius 3 is 2.69 bits per heavy atom. The summed E-state index contributed by atoms with van der Waals surface area (Å²) in [6, 6.07) is 0. The average molecular weight is 226 g/mol. The highest BCUT2D eigenvalue weighted by Gasteiger charge is 2.45. The Hall–Kier alpha value is -0.610. The normalized spacial score (nSPS) is 32.6. The number of likely N-dealkylation sites (tertiary alicyclic amines) is 1. The van der Waals surface area contributed by atoms with Crippen LogP contribution >= 0.6 is 0 Å². The van der Waals surface area contributed by atoms with E-state index in [0.717, 1.165) is 25.9 Å². The number of carbonyl (C=O) groups excluding carboxylic acids is 1. The maximum Gasteiger partial charge on any atom is 0.227 e. The lowest BCUT2D eigenvalue weighted by atomic mass is 9.86. The average Bonchev–Trinajstić information content (AvgIpc) is 2.60. The number of carbonyl (C=O) groups is 1. The number of amides is 1. The lowest BCUT2D eigenvalue weighted by Crippen LogP contribution is -2.64. The van der Waals surface area contributed by atoms with E-state index in [1.807, 2.05) is 4.90 Å². The van der Waals surface area contributed by atoms with Crippen LogP contribution in [0.5, 0.6) is 0 Å². The second-order valence-corrected chi connectivity index (χ2v) is 5.41. The Balaban J connectivity index is 1.85. The standard InChI is InChI=1S/C12H22N2O2/c1-3-4-12(16)7-14(8-12)11(15)10-6-13-5-9(10)2/h9-10,13,16H,3-8H2,1-2H3. The highest BCUT2D eigenvalue weighted by molar-refractivity contribution is 5.80. The number of rotatable bonds is 3. The number of hydrogen-bond donors (Lipinski definition) is 2. The van der Waals surface area contributed by atoms with Crippen LogP contribution in [0.3, 0.4) is 0 Å². The van der Waals surface area contributed by atoms with Crippen LogP contribution in [0.1, 0.15) is 26.7 Å². The zero-order chi connectivity index (χ0) is 11.8. The van der Waals surface area contributed by atoms with Gasteiger partial charge < -0.3 is 15.3 Å². The predicted octanol–water partition coefficient (Wildman–Crippen LogP) is 0.215. The van der Waals surface area contributed by atoms with Gasteiger partial charge in [0.1, 0.15) is 0 Å². The van der Waals surface area contributed by atoms with E-state index in [9.17, 15) is 9.90 Å². The molecule has 2 atom stereocenters. The molecule has 2 fully saturated rings. The summed E-state index contributed by atoms with van der Waals surface area (Å²) >= 11 is 0. The minimum absolute atomic E-state index is 0.117. The Kier molecular flexibility index (Phi) is 3.22. The topological polar surface area (TPSA) is 52.6 Å². The van der Waals surface area contributed by atoms with Crippen LogP contribution in [0.2, 0.25) is 0 Å². The van der Waals surface area contributed by atoms with Crippen molar-refractivity contribution >= 4 is 5.91 Å². The van der Waals surface area contributed by atoms with Crippen LogP contribution in [0.15, 0.2) is 0 Å². The van der Waals surface area contributed by atoms with Gasteiger partial charge in [0.05, 0.1) is 24.6 Å². The predicted molar refractivity (Wildman–Crippen MR) is 62.0 cm³/mol. The number of aliphatic hydroxyl groups is 1. The number of hydrogen-bond acceptors (Lipinski definition) is 3. The Morgan fingerprint density at radius 2 is 2.19 bits per heavy atom. The first-order valence-corrected chi connectivity index (χ1v) is 6.27. The van der Waals surface area contributed by atoms with Crippen molar-refractivity contribution in [3.05, 3.63) is 0 Å². The molecule has 2 heterocycles. The third kappa shape index (κ3) is 2.09. The van der Waals surface area contributed by atoms with Crippen LogP contribution in [0.25, 0.3) is 0 Å². The van der Waals surface area contributed by atoms with Crippen molar-refractivity contribution in [1.29, 1.82) is 0 Å². The zero-order valence-corrected chi connectivity index (χ0v) is 10.2. The Morgan fingerprint density at radius 1 is 1.50 bits per heavy atom. The maximum absolute atomic E-state index is 12.1. The molecule has 0 bridgehead atoms. The molecule has 0 aromatic heterocycles. The molecular formula is C12H22N2O2. The molecule has 16 heavy (non-hydrogen) atoms. The lowest BCUT2D eigenvalue weighted by molar-refractivity contribution is -0.161. The van der Waals surface area contributed by atoms with Gasteiger partial charge in [-0.25, -0.2) is 0 Å². The molecule has 2 aliphatic rings. The van der Waals surface area contributed by atoms with Crippen LogP contribution in [-0.4, -0.2) is 47.7 Å². The van der Waals surface area contributed by atoms with Gasteiger partial charge in [-0.15, -0.1) is 0 Å². The van der Waals surface area contributed by atoms with Crippen molar-refractivity contribution in [3.63, 3.8) is 0 Å². The molecule has 0 aromatic carbocycles. The van der Waals surface area contributed by atoms with Gasteiger partial charge in [0.2, 0.25) is 5.91 Å². The minimum atomic E-state index is -0.598. The van der Waals surface area contributed by atoms with E-state index in [-0.39, 0.29) is 11.8 Å². The van der Waals surface area contributed by atoms with Gasteiger partial charge in [0.25, 0.3) is 0 Å². The first-order valence-electron chi connectivity index (χ1n) is 6.27. The summed E-state index contributed by atoms with van der Waals surface area (Å²) in [7, 11) is 0. The fourth-order valence-corrected chi connectivity index (χ4v) is 2.82. The molecule has 2 N–H and O–H groups in total. The first-order chi connectivity index (χ1) is 7.56. The largest absolute Gasteiger partial charge is 0.386 e. The maximum atomic E-state index is 12.1. The fraction of sp³-hybridized carbons (Fsp3) is 0.917. The van der Waals surface area contributed by atoms with Crippen LogP contribution in [-0.2, 0) is 4.79 Å². The smallest absolute Gasteiger partial charge is 0.227 e. The van der Waals surface area contributed by atoms with E-state index < -0.39 is 5.60 Å². The lowest BCUT2D eigenvalue weighted by Gasteiger charge is -2.47. The van der Waals surface area contributed by atoms with E-state index in [1.54, 1.807) is 0 Å². The Labute approximate surface area is 97.0 Å². The SMILES string of the molecule is CCCC1(O)CN(C(=O)C2CNCC2C)C1. The number of nitrogens with one attached hydrogen (secondary N) is 1. The second-order valence-electron chi connectivity index (χ2n) is 5.41. The van der Waals surface area contributed by atoms with Gasteiger partial charge in [-0.2, -0.15) is 0 Å². The van der Waals surface area contributed by atoms with Gasteiger partial charge in [-0.05, 0) is 18.9 Å². The molecular weight excluding hydrogens is 204 g/mol. The molecule has 92 valence electrons. The van der Waals surface area contributed by atoms with Crippen molar-refractivity contribution in [2.75, 3.05) is 26.2 Å². The second kappa shape index (κ2) is 4.34. The molecule has 0 spiro atoms. The van der Waals surface area contributed by atoms with Crippen LogP contribution < -0.4 is 5.32 Å². The van der Waals surface area contributed by atoms with E-state index >= 15 is 0 Å². The van der Waals surface area contributed by atoms with Gasteiger partial charge >= 0.3 is 0 Å². The summed E-state index contributed by atoms with van der Waals surface area (Å²) in [6.45, 7) is 6.96. The molecule has 4 heteroatoms. The third-order valence-electron chi connectivity index (χ3n) is 3.83. The summed E-state index contributed by atoms with van der Waals surface area (Å²) in [6.07, 6.45) is 1.77. The quantitative estimate of drug-likeness (QED) is 0.723. The third-order valence-corrected chi connectivity index (χ3v) is 3.83. The van der Waals surface area contributed by atoms with E-state index in [1.165, 1.54) is 0 Å². The highest BCUT2D eigenvalue weighted by Crippen LogP contribution is 2.29. The van der Waals surface area contributed by atoms with Crippen LogP contribution in [0.4, 0.5) is 0 Å². The molecule has 2 unspecified atom stereocenters. The summed E-state index contributed by atoms with van der Waals surface area (Å²) in [5.74, 6) is 0.761. The van der Waals surface area contributed by atoms with E-state index in [4.69, 9.17) is 0 Å².